The molecule has 1 heterocycles. The van der Waals surface area contributed by atoms with Gasteiger partial charge in [-0.25, -0.2) is 0 Å². The van der Waals surface area contributed by atoms with Gasteiger partial charge >= 0.3 is 0 Å². The highest BCUT2D eigenvalue weighted by molar-refractivity contribution is 4.89. The van der Waals surface area contributed by atoms with Gasteiger partial charge in [0, 0.05) is 45.3 Å². The summed E-state index contributed by atoms with van der Waals surface area (Å²) in [5, 5.41) is 3.65. The van der Waals surface area contributed by atoms with E-state index in [1.54, 1.807) is 0 Å². The highest BCUT2D eigenvalue weighted by atomic mass is 15.3. The van der Waals surface area contributed by atoms with E-state index >= 15 is 0 Å². The molecule has 1 N–H and O–H groups in total. The average Bonchev–Trinajstić information content (AvgIpc) is 2.54. The molecule has 0 bridgehead atoms. The minimum Gasteiger partial charge on any atom is -0.316 e. The monoisotopic (exact) mass is 295 g/mol. The molecular formula is C18H37N3. The molecular weight excluding hydrogens is 258 g/mol. The summed E-state index contributed by atoms with van der Waals surface area (Å²) in [4.78, 5) is 5.43. The van der Waals surface area contributed by atoms with E-state index < -0.39 is 0 Å². The van der Waals surface area contributed by atoms with Crippen LogP contribution < -0.4 is 5.32 Å². The van der Waals surface area contributed by atoms with Crippen molar-refractivity contribution in [3.05, 3.63) is 0 Å². The van der Waals surface area contributed by atoms with Gasteiger partial charge in [-0.3, -0.25) is 4.90 Å². The molecule has 0 aromatic heterocycles. The minimum absolute atomic E-state index is 0.562. The summed E-state index contributed by atoms with van der Waals surface area (Å²) in [6, 6.07) is 0.762. The topological polar surface area (TPSA) is 18.5 Å². The number of hydrogen-bond donors (Lipinski definition) is 1. The summed E-state index contributed by atoms with van der Waals surface area (Å²) >= 11 is 0. The third-order valence-electron chi connectivity index (χ3n) is 5.84. The lowest BCUT2D eigenvalue weighted by atomic mass is 9.73. The van der Waals surface area contributed by atoms with Crippen LogP contribution in [0, 0.1) is 5.41 Å². The molecule has 3 heteroatoms. The Morgan fingerprint density at radius 1 is 1.00 bits per heavy atom. The molecule has 0 aromatic rings. The van der Waals surface area contributed by atoms with Gasteiger partial charge in [0.05, 0.1) is 0 Å². The van der Waals surface area contributed by atoms with Crippen molar-refractivity contribution >= 4 is 0 Å². The van der Waals surface area contributed by atoms with Crippen LogP contribution >= 0.6 is 0 Å². The summed E-state index contributed by atoms with van der Waals surface area (Å²) in [6.07, 6.45) is 8.49. The van der Waals surface area contributed by atoms with E-state index in [4.69, 9.17) is 0 Å². The van der Waals surface area contributed by atoms with E-state index in [0.717, 1.165) is 12.6 Å². The highest BCUT2D eigenvalue weighted by Crippen LogP contribution is 2.36. The third-order valence-corrected chi connectivity index (χ3v) is 5.84. The van der Waals surface area contributed by atoms with Gasteiger partial charge in [0.25, 0.3) is 0 Å². The largest absolute Gasteiger partial charge is 0.316 e. The Labute approximate surface area is 132 Å². The Bertz CT molecular complexity index is 278. The third kappa shape index (κ3) is 4.94. The van der Waals surface area contributed by atoms with Gasteiger partial charge < -0.3 is 10.2 Å². The van der Waals surface area contributed by atoms with Gasteiger partial charge in [0.1, 0.15) is 0 Å². The fourth-order valence-corrected chi connectivity index (χ4v) is 4.18. The second kappa shape index (κ2) is 8.50. The molecule has 0 spiro atoms. The van der Waals surface area contributed by atoms with Crippen molar-refractivity contribution in [1.29, 1.82) is 0 Å². The Morgan fingerprint density at radius 2 is 1.67 bits per heavy atom. The van der Waals surface area contributed by atoms with Crippen molar-refractivity contribution < 1.29 is 0 Å². The van der Waals surface area contributed by atoms with E-state index in [9.17, 15) is 0 Å². The smallest absolute Gasteiger partial charge is 0.0113 e. The number of hydrogen-bond acceptors (Lipinski definition) is 3. The van der Waals surface area contributed by atoms with Gasteiger partial charge in [-0.1, -0.05) is 33.1 Å². The average molecular weight is 296 g/mol. The maximum Gasteiger partial charge on any atom is 0.0113 e. The summed E-state index contributed by atoms with van der Waals surface area (Å²) in [5.74, 6) is 0. The summed E-state index contributed by atoms with van der Waals surface area (Å²) in [6.45, 7) is 15.7. The number of nitrogens with one attached hydrogen (secondary N) is 1. The molecule has 2 aliphatic rings. The fraction of sp³-hybridized carbons (Fsp3) is 1.00. The van der Waals surface area contributed by atoms with Crippen LogP contribution in [0.3, 0.4) is 0 Å². The molecule has 1 saturated heterocycles. The van der Waals surface area contributed by atoms with Gasteiger partial charge in [0.2, 0.25) is 0 Å². The molecule has 21 heavy (non-hydrogen) atoms. The fourth-order valence-electron chi connectivity index (χ4n) is 4.18. The predicted molar refractivity (Wildman–Crippen MR) is 91.8 cm³/mol. The number of piperazine rings is 1. The SMILES string of the molecule is CCNCC1(CN2CCN(C(C)CC)CC2)CCCCC1. The van der Waals surface area contributed by atoms with Crippen molar-refractivity contribution in [2.24, 2.45) is 5.41 Å². The quantitative estimate of drug-likeness (QED) is 0.779. The Morgan fingerprint density at radius 3 is 2.24 bits per heavy atom. The standard InChI is InChI=1S/C18H37N3/c1-4-17(3)21-13-11-20(12-14-21)16-18(15-19-5-2)9-7-6-8-10-18/h17,19H,4-16H2,1-3H3. The van der Waals surface area contributed by atoms with Gasteiger partial charge in [-0.2, -0.15) is 0 Å². The first-order chi connectivity index (χ1) is 10.2. The molecule has 2 rings (SSSR count). The predicted octanol–water partition coefficient (Wildman–Crippen LogP) is 2.96. The van der Waals surface area contributed by atoms with Crippen molar-refractivity contribution in [1.82, 2.24) is 15.1 Å². The van der Waals surface area contributed by atoms with Crippen LogP contribution in [0.1, 0.15) is 59.3 Å². The molecule has 1 atom stereocenters. The zero-order valence-electron chi connectivity index (χ0n) is 14.7. The lowest BCUT2D eigenvalue weighted by Crippen LogP contribution is -2.53. The van der Waals surface area contributed by atoms with Crippen LogP contribution in [0.2, 0.25) is 0 Å². The van der Waals surface area contributed by atoms with Crippen LogP contribution in [0.25, 0.3) is 0 Å². The molecule has 1 unspecified atom stereocenters. The van der Waals surface area contributed by atoms with Gasteiger partial charge in [-0.15, -0.1) is 0 Å². The first-order valence-corrected chi connectivity index (χ1v) is 9.36. The zero-order chi connectivity index (χ0) is 15.1. The van der Waals surface area contributed by atoms with E-state index in [2.05, 4.69) is 35.9 Å². The molecule has 2 fully saturated rings. The van der Waals surface area contributed by atoms with Crippen LogP contribution in [0.5, 0.6) is 0 Å². The molecule has 0 radical (unpaired) electrons. The summed E-state index contributed by atoms with van der Waals surface area (Å²) in [7, 11) is 0. The zero-order valence-corrected chi connectivity index (χ0v) is 14.7. The normalized spacial score (nSPS) is 25.9. The summed E-state index contributed by atoms with van der Waals surface area (Å²) < 4.78 is 0. The van der Waals surface area contributed by atoms with E-state index in [1.807, 2.05) is 0 Å². The van der Waals surface area contributed by atoms with Crippen molar-refractivity contribution in [3.8, 4) is 0 Å². The summed E-state index contributed by atoms with van der Waals surface area (Å²) in [5.41, 5.74) is 0.562. The van der Waals surface area contributed by atoms with E-state index in [-0.39, 0.29) is 0 Å². The van der Waals surface area contributed by atoms with Crippen LogP contribution in [-0.4, -0.2) is 61.7 Å². The van der Waals surface area contributed by atoms with Crippen LogP contribution in [0.4, 0.5) is 0 Å². The Balaban J connectivity index is 1.84. The minimum atomic E-state index is 0.562. The van der Waals surface area contributed by atoms with Gasteiger partial charge in [-0.05, 0) is 38.1 Å². The van der Waals surface area contributed by atoms with Crippen LogP contribution in [-0.2, 0) is 0 Å². The number of rotatable bonds is 7. The highest BCUT2D eigenvalue weighted by Gasteiger charge is 2.34. The van der Waals surface area contributed by atoms with Gasteiger partial charge in [0.15, 0.2) is 0 Å². The maximum absolute atomic E-state index is 3.65. The Kier molecular flexibility index (Phi) is 6.97. The molecule has 1 saturated carbocycles. The molecule has 1 aliphatic carbocycles. The lowest BCUT2D eigenvalue weighted by Gasteiger charge is -2.45. The lowest BCUT2D eigenvalue weighted by molar-refractivity contribution is 0.0492. The first kappa shape index (κ1) is 17.2. The Hall–Kier alpha value is -0.120. The molecule has 124 valence electrons. The van der Waals surface area contributed by atoms with Crippen molar-refractivity contribution in [2.45, 2.75) is 65.3 Å². The second-order valence-electron chi connectivity index (χ2n) is 7.41. The first-order valence-electron chi connectivity index (χ1n) is 9.36. The molecule has 3 nitrogen and oxygen atoms in total. The van der Waals surface area contributed by atoms with Crippen molar-refractivity contribution in [2.75, 3.05) is 45.8 Å². The maximum atomic E-state index is 3.65. The van der Waals surface area contributed by atoms with Crippen molar-refractivity contribution in [3.63, 3.8) is 0 Å². The molecule has 0 aromatic carbocycles. The second-order valence-corrected chi connectivity index (χ2v) is 7.41. The molecule has 0 amide bonds. The van der Waals surface area contributed by atoms with E-state index in [0.29, 0.717) is 5.41 Å². The molecule has 1 aliphatic heterocycles. The van der Waals surface area contributed by atoms with Crippen LogP contribution in [0.15, 0.2) is 0 Å². The van der Waals surface area contributed by atoms with E-state index in [1.165, 1.54) is 77.8 Å². The number of nitrogens with zero attached hydrogens (tertiary/aromatic N) is 2.